The van der Waals surface area contributed by atoms with Crippen molar-refractivity contribution < 1.29 is 23.0 Å². The number of benzene rings is 2. The lowest BCUT2D eigenvalue weighted by atomic mass is 9.99. The van der Waals surface area contributed by atoms with Gasteiger partial charge < -0.3 is 14.4 Å². The van der Waals surface area contributed by atoms with E-state index in [1.54, 1.807) is 12.1 Å². The number of carbonyl (C=O) groups excluding carboxylic acids is 1. The molecule has 0 aliphatic carbocycles. The van der Waals surface area contributed by atoms with Crippen LogP contribution in [0.1, 0.15) is 21.6 Å². The molecule has 1 aliphatic heterocycles. The van der Waals surface area contributed by atoms with Crippen LogP contribution in [0.2, 0.25) is 10.0 Å². The molecule has 0 bridgehead atoms. The maximum absolute atomic E-state index is 12.5. The van der Waals surface area contributed by atoms with E-state index < -0.39 is 36.2 Å². The molecule has 1 N–H and O–H groups in total. The van der Waals surface area contributed by atoms with Crippen molar-refractivity contribution in [1.82, 2.24) is 19.7 Å². The number of hydrogen-bond acceptors (Lipinski definition) is 7. The van der Waals surface area contributed by atoms with Gasteiger partial charge in [0.1, 0.15) is 18.5 Å². The number of rotatable bonds is 6. The van der Waals surface area contributed by atoms with E-state index in [2.05, 4.69) is 9.84 Å². The van der Waals surface area contributed by atoms with Crippen LogP contribution in [0.3, 0.4) is 0 Å². The van der Waals surface area contributed by atoms with Gasteiger partial charge in [0, 0.05) is 12.1 Å². The minimum atomic E-state index is -2.98. The molecule has 14 heteroatoms. The summed E-state index contributed by atoms with van der Waals surface area (Å²) in [5.74, 6) is -0.102. The van der Waals surface area contributed by atoms with E-state index in [9.17, 15) is 23.2 Å². The molecule has 2 heterocycles. The number of carbonyl (C=O) groups is 1. The highest BCUT2D eigenvalue weighted by molar-refractivity contribution is 6.37. The number of hydrogen-bond donors (Lipinski definition) is 1. The normalized spacial score (nSPS) is 13.0. The molecule has 180 valence electrons. The Kier molecular flexibility index (Phi) is 6.83. The van der Waals surface area contributed by atoms with Crippen LogP contribution in [0.5, 0.6) is 11.5 Å². The van der Waals surface area contributed by atoms with E-state index in [0.717, 1.165) is 4.68 Å². The molecule has 0 spiro atoms. The number of aromatic amines is 1. The predicted octanol–water partition coefficient (Wildman–Crippen LogP) is 3.09. The summed E-state index contributed by atoms with van der Waals surface area (Å²) in [5, 5.41) is 12.7. The van der Waals surface area contributed by atoms with E-state index in [4.69, 9.17) is 33.2 Å². The first-order chi connectivity index (χ1) is 16.7. The van der Waals surface area contributed by atoms with E-state index in [-0.39, 0.29) is 28.0 Å². The van der Waals surface area contributed by atoms with Crippen LogP contribution in [0.25, 0.3) is 5.69 Å². The Hall–Kier alpha value is -3.79. The highest BCUT2D eigenvalue weighted by Gasteiger charge is 2.26. The van der Waals surface area contributed by atoms with Gasteiger partial charge in [-0.25, -0.2) is 4.79 Å². The van der Waals surface area contributed by atoms with Gasteiger partial charge in [0.25, 0.3) is 11.5 Å². The highest BCUT2D eigenvalue weighted by atomic mass is 35.5. The van der Waals surface area contributed by atoms with Crippen molar-refractivity contribution in [2.24, 2.45) is 0 Å². The standard InChI is InChI=1S/C21H13Cl2F2N5O5/c22-14-6-11(30-21(33)27-18(31)16(8-26)28-30)7-15(23)17(14)35-12-1-2-13-10(5-12)3-4-29(19(13)32)9-34-20(24)25/h1-2,5-7,20H,3-4,9H2,(H,27,31,33). The molecule has 0 unspecified atom stereocenters. The fourth-order valence-electron chi connectivity index (χ4n) is 3.38. The summed E-state index contributed by atoms with van der Waals surface area (Å²) >= 11 is 12.6. The van der Waals surface area contributed by atoms with E-state index >= 15 is 0 Å². The van der Waals surface area contributed by atoms with Gasteiger partial charge in [-0.3, -0.25) is 14.6 Å². The summed E-state index contributed by atoms with van der Waals surface area (Å²) in [6.07, 6.45) is 0.382. The van der Waals surface area contributed by atoms with Crippen LogP contribution in [0.15, 0.2) is 39.9 Å². The van der Waals surface area contributed by atoms with Crippen molar-refractivity contribution in [3.63, 3.8) is 0 Å². The van der Waals surface area contributed by atoms with Gasteiger partial charge in [0.2, 0.25) is 5.69 Å². The second-order valence-corrected chi connectivity index (χ2v) is 7.98. The lowest BCUT2D eigenvalue weighted by Crippen LogP contribution is -2.39. The zero-order chi connectivity index (χ0) is 25.3. The third-order valence-corrected chi connectivity index (χ3v) is 5.54. The van der Waals surface area contributed by atoms with Crippen molar-refractivity contribution in [3.05, 3.63) is 78.0 Å². The van der Waals surface area contributed by atoms with Gasteiger partial charge in [-0.15, -0.1) is 5.10 Å². The molecule has 2 aromatic carbocycles. The van der Waals surface area contributed by atoms with Crippen molar-refractivity contribution in [3.8, 4) is 23.3 Å². The van der Waals surface area contributed by atoms with Crippen molar-refractivity contribution in [1.29, 1.82) is 5.26 Å². The fraction of sp³-hybridized carbons (Fsp3) is 0.190. The molecule has 35 heavy (non-hydrogen) atoms. The molecule has 3 aromatic rings. The number of ether oxygens (including phenoxy) is 2. The molecular formula is C21H13Cl2F2N5O5. The quantitative estimate of drug-likeness (QED) is 0.525. The SMILES string of the molecule is N#Cc1nn(-c2cc(Cl)c(Oc3ccc4c(c3)CCN(COC(F)F)C4=O)c(Cl)c2)c(=O)[nH]c1=O. The first-order valence-corrected chi connectivity index (χ1v) is 10.6. The Bertz CT molecular complexity index is 1460. The lowest BCUT2D eigenvalue weighted by Gasteiger charge is -2.28. The molecule has 0 saturated carbocycles. The third kappa shape index (κ3) is 5.02. The number of halogens is 4. The number of nitriles is 1. The monoisotopic (exact) mass is 523 g/mol. The number of nitrogens with one attached hydrogen (secondary N) is 1. The maximum atomic E-state index is 12.5. The van der Waals surface area contributed by atoms with Crippen LogP contribution < -0.4 is 16.0 Å². The number of aromatic nitrogens is 3. The molecule has 0 fully saturated rings. The number of alkyl halides is 2. The highest BCUT2D eigenvalue weighted by Crippen LogP contribution is 2.38. The fourth-order valence-corrected chi connectivity index (χ4v) is 3.93. The summed E-state index contributed by atoms with van der Waals surface area (Å²) in [5.41, 5.74) is -1.32. The van der Waals surface area contributed by atoms with Gasteiger partial charge >= 0.3 is 12.3 Å². The summed E-state index contributed by atoms with van der Waals surface area (Å²) in [7, 11) is 0. The topological polar surface area (TPSA) is 130 Å². The molecule has 4 rings (SSSR count). The molecular weight excluding hydrogens is 511 g/mol. The predicted molar refractivity (Wildman–Crippen MR) is 118 cm³/mol. The molecule has 10 nitrogen and oxygen atoms in total. The van der Waals surface area contributed by atoms with Gasteiger partial charge in [0.05, 0.1) is 15.7 Å². The first-order valence-electron chi connectivity index (χ1n) is 9.81. The number of fused-ring (bicyclic) bond motifs is 1. The average Bonchev–Trinajstić information content (AvgIpc) is 2.81. The van der Waals surface area contributed by atoms with Crippen LogP contribution in [0, 0.1) is 11.3 Å². The average molecular weight is 524 g/mol. The van der Waals surface area contributed by atoms with Crippen LogP contribution in [-0.4, -0.2) is 45.5 Å². The Morgan fingerprint density at radius 1 is 1.17 bits per heavy atom. The Morgan fingerprint density at radius 2 is 1.89 bits per heavy atom. The number of nitrogens with zero attached hydrogens (tertiary/aromatic N) is 4. The summed E-state index contributed by atoms with van der Waals surface area (Å²) in [6, 6.07) is 8.77. The summed E-state index contributed by atoms with van der Waals surface area (Å²) < 4.78 is 35.4. The summed E-state index contributed by atoms with van der Waals surface area (Å²) in [6.45, 7) is -3.31. The number of H-pyrrole nitrogens is 1. The van der Waals surface area contributed by atoms with Gasteiger partial charge in [-0.2, -0.15) is 18.7 Å². The first kappa shape index (κ1) is 24.3. The molecule has 0 radical (unpaired) electrons. The molecule has 0 saturated heterocycles. The van der Waals surface area contributed by atoms with Crippen molar-refractivity contribution in [2.75, 3.05) is 13.3 Å². The Labute approximate surface area is 204 Å². The Balaban J connectivity index is 1.60. The molecule has 0 atom stereocenters. The number of amides is 1. The van der Waals surface area contributed by atoms with Gasteiger partial charge in [-0.05, 0) is 42.3 Å². The van der Waals surface area contributed by atoms with E-state index in [1.807, 2.05) is 4.98 Å². The molecule has 1 amide bonds. The smallest absolute Gasteiger partial charge is 0.349 e. The largest absolute Gasteiger partial charge is 0.454 e. The molecule has 1 aromatic heterocycles. The van der Waals surface area contributed by atoms with Crippen LogP contribution in [0.4, 0.5) is 8.78 Å². The van der Waals surface area contributed by atoms with Crippen molar-refractivity contribution in [2.45, 2.75) is 13.0 Å². The minimum absolute atomic E-state index is 0.00460. The Morgan fingerprint density at radius 3 is 2.54 bits per heavy atom. The van der Waals surface area contributed by atoms with Crippen LogP contribution in [-0.2, 0) is 11.2 Å². The lowest BCUT2D eigenvalue weighted by molar-refractivity contribution is -0.152. The zero-order valence-electron chi connectivity index (χ0n) is 17.4. The summed E-state index contributed by atoms with van der Waals surface area (Å²) in [4.78, 5) is 39.3. The van der Waals surface area contributed by atoms with Crippen molar-refractivity contribution >= 4 is 29.1 Å². The van der Waals surface area contributed by atoms with E-state index in [0.29, 0.717) is 23.3 Å². The van der Waals surface area contributed by atoms with Crippen LogP contribution >= 0.6 is 23.2 Å². The third-order valence-electron chi connectivity index (χ3n) is 4.98. The van der Waals surface area contributed by atoms with E-state index in [1.165, 1.54) is 29.2 Å². The zero-order valence-corrected chi connectivity index (χ0v) is 18.9. The maximum Gasteiger partial charge on any atom is 0.349 e. The van der Waals surface area contributed by atoms with Gasteiger partial charge in [-0.1, -0.05) is 23.2 Å². The van der Waals surface area contributed by atoms with Gasteiger partial charge in [0.15, 0.2) is 5.75 Å². The second-order valence-electron chi connectivity index (χ2n) is 7.17. The minimum Gasteiger partial charge on any atom is -0.454 e. The molecule has 1 aliphatic rings. The second kappa shape index (κ2) is 9.83.